The summed E-state index contributed by atoms with van der Waals surface area (Å²) in [5.41, 5.74) is -1.32. The Bertz CT molecular complexity index is 1150. The van der Waals surface area contributed by atoms with Crippen LogP contribution in [0.3, 0.4) is 0 Å². The lowest BCUT2D eigenvalue weighted by Gasteiger charge is -2.53. The molecule has 2 aliphatic rings. The molecule has 2 aliphatic heterocycles. The van der Waals surface area contributed by atoms with Gasteiger partial charge >= 0.3 is 11.9 Å². The molecule has 1 saturated heterocycles. The minimum Gasteiger partial charge on any atom is -0.426 e. The molecule has 0 saturated carbocycles. The molecule has 0 bridgehead atoms. The van der Waals surface area contributed by atoms with Crippen molar-refractivity contribution in [2.75, 3.05) is 5.75 Å². The lowest BCUT2D eigenvalue weighted by molar-refractivity contribution is -0.195. The van der Waals surface area contributed by atoms with Crippen molar-refractivity contribution in [2.45, 2.75) is 44.4 Å². The second kappa shape index (κ2) is 10.3. The molecule has 2 heterocycles. The molecule has 0 aromatic heterocycles. The van der Waals surface area contributed by atoms with Crippen molar-refractivity contribution in [3.05, 3.63) is 59.8 Å². The molecule has 184 valence electrons. The minimum atomic E-state index is -2.10. The van der Waals surface area contributed by atoms with Crippen LogP contribution in [0.5, 0.6) is 0 Å². The second-order valence-electron chi connectivity index (χ2n) is 8.07. The molecule has 1 fully saturated rings. The average molecular weight is 501 g/mol. The van der Waals surface area contributed by atoms with E-state index in [0.717, 1.165) is 23.6 Å². The predicted octanol–water partition coefficient (Wildman–Crippen LogP) is 1.05. The Morgan fingerprint density at radius 1 is 1.17 bits per heavy atom. The second-order valence-corrected chi connectivity index (χ2v) is 9.14. The van der Waals surface area contributed by atoms with Crippen LogP contribution in [0.1, 0.15) is 26.3 Å². The Morgan fingerprint density at radius 2 is 1.83 bits per heavy atom. The van der Waals surface area contributed by atoms with Crippen molar-refractivity contribution in [1.82, 2.24) is 10.2 Å². The number of nitrogens with one attached hydrogen (secondary N) is 1. The number of ether oxygens (including phenoxy) is 2. The Hall–Kier alpha value is -3.73. The van der Waals surface area contributed by atoms with E-state index >= 15 is 0 Å². The number of hydrogen-bond acceptors (Lipinski definition) is 9. The summed E-state index contributed by atoms with van der Waals surface area (Å²) < 4.78 is 10.00. The maximum Gasteiger partial charge on any atom is 0.348 e. The molecule has 0 radical (unpaired) electrons. The van der Waals surface area contributed by atoms with Gasteiger partial charge in [-0.05, 0) is 18.1 Å². The number of rotatable bonds is 9. The molecule has 0 aliphatic carbocycles. The van der Waals surface area contributed by atoms with E-state index < -0.39 is 52.5 Å². The molecule has 0 unspecified atom stereocenters. The Morgan fingerprint density at radius 3 is 2.43 bits per heavy atom. The molecule has 0 spiro atoms. The molecule has 3 rings (SSSR count). The highest BCUT2D eigenvalue weighted by Gasteiger charge is 2.69. The number of hydrogen-bond donors (Lipinski definition) is 1. The van der Waals surface area contributed by atoms with Gasteiger partial charge in [0.25, 0.3) is 5.91 Å². The Kier molecular flexibility index (Phi) is 7.59. The summed E-state index contributed by atoms with van der Waals surface area (Å²) in [5, 5.41) is 1.57. The molecule has 1 aromatic carbocycles. The van der Waals surface area contributed by atoms with Gasteiger partial charge in [0.1, 0.15) is 5.37 Å². The van der Waals surface area contributed by atoms with Crippen LogP contribution in [0.4, 0.5) is 0 Å². The van der Waals surface area contributed by atoms with Crippen LogP contribution in [0, 0.1) is 0 Å². The van der Waals surface area contributed by atoms with Crippen LogP contribution in [0.25, 0.3) is 0 Å². The summed E-state index contributed by atoms with van der Waals surface area (Å²) in [5.74, 6) is -4.82. The molecular weight excluding hydrogens is 476 g/mol. The van der Waals surface area contributed by atoms with Gasteiger partial charge in [-0.2, -0.15) is 0 Å². The average Bonchev–Trinajstić information content (AvgIpc) is 2.80. The van der Waals surface area contributed by atoms with Crippen molar-refractivity contribution >= 4 is 47.1 Å². The number of benzene rings is 1. The number of esters is 2. The smallest absolute Gasteiger partial charge is 0.348 e. The lowest BCUT2D eigenvalue weighted by atomic mass is 9.86. The highest BCUT2D eigenvalue weighted by molar-refractivity contribution is 8.00. The third-order valence-electron chi connectivity index (χ3n) is 5.24. The maximum absolute atomic E-state index is 13.3. The first-order valence-electron chi connectivity index (χ1n) is 10.6. The topological polar surface area (TPSA) is 136 Å². The van der Waals surface area contributed by atoms with Crippen LogP contribution in [0.15, 0.2) is 54.3 Å². The van der Waals surface area contributed by atoms with Gasteiger partial charge < -0.3 is 14.8 Å². The van der Waals surface area contributed by atoms with Gasteiger partial charge in [0, 0.05) is 31.4 Å². The summed E-state index contributed by atoms with van der Waals surface area (Å²) in [6, 6.07) is 8.71. The molecular formula is C24H24N2O8S. The fourth-order valence-electron chi connectivity index (χ4n) is 3.63. The van der Waals surface area contributed by atoms with Crippen molar-refractivity contribution in [1.29, 1.82) is 0 Å². The monoisotopic (exact) mass is 500 g/mol. The van der Waals surface area contributed by atoms with Crippen molar-refractivity contribution < 1.29 is 38.2 Å². The minimum absolute atomic E-state index is 0.00931. The molecule has 35 heavy (non-hydrogen) atoms. The number of thioether (sulfide) groups is 1. The molecule has 2 amide bonds. The zero-order valence-corrected chi connectivity index (χ0v) is 20.2. The van der Waals surface area contributed by atoms with Crippen molar-refractivity contribution in [3.8, 4) is 0 Å². The van der Waals surface area contributed by atoms with Crippen LogP contribution < -0.4 is 5.32 Å². The van der Waals surface area contributed by atoms with E-state index in [-0.39, 0.29) is 23.3 Å². The maximum atomic E-state index is 13.3. The fourth-order valence-corrected chi connectivity index (χ4v) is 4.99. The van der Waals surface area contributed by atoms with Crippen LogP contribution in [0.2, 0.25) is 0 Å². The highest BCUT2D eigenvalue weighted by Crippen LogP contribution is 2.44. The number of β-lactam (4-membered cyclic amide) rings is 1. The van der Waals surface area contributed by atoms with E-state index in [1.807, 2.05) is 0 Å². The number of carbonyl (C=O) groups is 6. The SMILES string of the molecule is C=C(C)C(=O)C(=O)C1=CN2C(=O)[C@@](NC(=O)Cc3ccccc3)(C(=O)O[C@H](C)OC(C)=O)[C@H]2SC1. The number of fused-ring (bicyclic) bond motifs is 1. The van der Waals surface area contributed by atoms with E-state index in [1.54, 1.807) is 30.3 Å². The van der Waals surface area contributed by atoms with E-state index in [0.29, 0.717) is 5.56 Å². The largest absolute Gasteiger partial charge is 0.426 e. The fraction of sp³-hybridized carbons (Fsp3) is 0.333. The highest BCUT2D eigenvalue weighted by atomic mass is 32.2. The van der Waals surface area contributed by atoms with Gasteiger partial charge in [-0.25, -0.2) is 4.79 Å². The van der Waals surface area contributed by atoms with E-state index in [9.17, 15) is 28.8 Å². The third-order valence-corrected chi connectivity index (χ3v) is 6.62. The summed E-state index contributed by atoms with van der Waals surface area (Å²) in [4.78, 5) is 76.0. The Balaban J connectivity index is 1.87. The molecule has 11 heteroatoms. The summed E-state index contributed by atoms with van der Waals surface area (Å²) >= 11 is 1.02. The van der Waals surface area contributed by atoms with Gasteiger partial charge in [0.05, 0.1) is 6.42 Å². The number of amides is 2. The third kappa shape index (κ3) is 5.19. The number of Topliss-reactive ketones (excluding diaryl/α,β-unsaturated/α-hetero) is 2. The predicted molar refractivity (Wildman–Crippen MR) is 124 cm³/mol. The van der Waals surface area contributed by atoms with Crippen LogP contribution in [-0.2, 0) is 44.7 Å². The summed E-state index contributed by atoms with van der Waals surface area (Å²) in [6.07, 6.45) is -0.205. The lowest BCUT2D eigenvalue weighted by Crippen LogP contribution is -2.82. The van der Waals surface area contributed by atoms with Gasteiger partial charge in [0.15, 0.2) is 0 Å². The quantitative estimate of drug-likeness (QED) is 0.132. The van der Waals surface area contributed by atoms with Crippen LogP contribution >= 0.6 is 11.8 Å². The first kappa shape index (κ1) is 25.9. The summed E-state index contributed by atoms with van der Waals surface area (Å²) in [6.45, 7) is 7.30. The van der Waals surface area contributed by atoms with Gasteiger partial charge in [-0.3, -0.25) is 28.9 Å². The van der Waals surface area contributed by atoms with Gasteiger partial charge in [-0.1, -0.05) is 36.9 Å². The van der Waals surface area contributed by atoms with E-state index in [2.05, 4.69) is 11.9 Å². The van der Waals surface area contributed by atoms with Gasteiger partial charge in [-0.15, -0.1) is 11.8 Å². The molecule has 1 aromatic rings. The zero-order chi connectivity index (χ0) is 25.9. The van der Waals surface area contributed by atoms with Crippen molar-refractivity contribution in [3.63, 3.8) is 0 Å². The number of allylic oxidation sites excluding steroid dienone is 1. The summed E-state index contributed by atoms with van der Waals surface area (Å²) in [7, 11) is 0. The zero-order valence-electron chi connectivity index (χ0n) is 19.4. The van der Waals surface area contributed by atoms with E-state index in [1.165, 1.54) is 20.0 Å². The first-order chi connectivity index (χ1) is 16.5. The number of nitrogens with zero attached hydrogens (tertiary/aromatic N) is 1. The standard InChI is InChI=1S/C24H24N2O8S/c1-13(2)19(29)20(30)17-11-26-21(31)24(22(26)35-12-17,23(32)34-15(4)33-14(3)27)25-18(28)10-16-8-6-5-7-9-16/h5-9,11,15,22H,1,10,12H2,2-4H3,(H,25,28)/t15-,22-,24+/m1/s1. The van der Waals surface area contributed by atoms with E-state index in [4.69, 9.17) is 9.47 Å². The van der Waals surface area contributed by atoms with Crippen LogP contribution in [-0.4, -0.2) is 63.2 Å². The van der Waals surface area contributed by atoms with Crippen molar-refractivity contribution in [2.24, 2.45) is 0 Å². The molecule has 1 N–H and O–H groups in total. The Labute approximate surface area is 205 Å². The first-order valence-corrected chi connectivity index (χ1v) is 11.6. The normalized spacial score (nSPS) is 21.5. The molecule has 10 nitrogen and oxygen atoms in total. The molecule has 3 atom stereocenters. The number of ketones is 2. The van der Waals surface area contributed by atoms with Gasteiger partial charge in [0.2, 0.25) is 29.3 Å². The number of carbonyl (C=O) groups excluding carboxylic acids is 6.